The van der Waals surface area contributed by atoms with E-state index in [2.05, 4.69) is 6.08 Å². The van der Waals surface area contributed by atoms with Gasteiger partial charge in [-0.15, -0.1) is 0 Å². The highest BCUT2D eigenvalue weighted by molar-refractivity contribution is 7.93. The molecule has 0 heterocycles. The topological polar surface area (TPSA) is 53.8 Å². The molecule has 0 amide bonds. The number of ether oxygens (including phenoxy) is 1. The zero-order valence-corrected chi connectivity index (χ0v) is 14.0. The summed E-state index contributed by atoms with van der Waals surface area (Å²) < 4.78 is 40.6. The Morgan fingerprint density at radius 2 is 2.22 bits per heavy atom. The fourth-order valence-electron chi connectivity index (χ4n) is 2.78. The van der Waals surface area contributed by atoms with Crippen molar-refractivity contribution in [1.82, 2.24) is 0 Å². The van der Waals surface area contributed by atoms with Crippen LogP contribution in [0.3, 0.4) is 0 Å². The van der Waals surface area contributed by atoms with Crippen molar-refractivity contribution in [2.24, 2.45) is 11.3 Å². The van der Waals surface area contributed by atoms with E-state index in [1.54, 1.807) is 6.92 Å². The van der Waals surface area contributed by atoms with Gasteiger partial charge in [0.05, 0.1) is 5.41 Å². The number of esters is 1. The number of hydrogen-bond acceptors (Lipinski definition) is 4. The lowest BCUT2D eigenvalue weighted by Crippen LogP contribution is -3.05. The summed E-state index contributed by atoms with van der Waals surface area (Å²) in [6.07, 6.45) is 5.49. The molecule has 0 saturated heterocycles. The number of hydrogen-bond donors (Lipinski definition) is 1. The molecular weight excluding hydrogens is 331 g/mol. The number of hydroxylamine groups is 1. The Morgan fingerprint density at radius 3 is 2.83 bits per heavy atom. The minimum atomic E-state index is -4.61. The van der Waals surface area contributed by atoms with Gasteiger partial charge in [-0.05, 0) is 43.8 Å². The lowest BCUT2D eigenvalue weighted by molar-refractivity contribution is -0.729. The van der Waals surface area contributed by atoms with Crippen LogP contribution in [0.25, 0.3) is 0 Å². The summed E-state index contributed by atoms with van der Waals surface area (Å²) >= 11 is -0.689. The average molecular weight is 351 g/mol. The Kier molecular flexibility index (Phi) is 5.18. The molecule has 0 aliphatic heterocycles. The van der Waals surface area contributed by atoms with Crippen LogP contribution in [0.2, 0.25) is 0 Å². The van der Waals surface area contributed by atoms with Gasteiger partial charge in [0.2, 0.25) is 0 Å². The van der Waals surface area contributed by atoms with Crippen molar-refractivity contribution in [2.45, 2.75) is 45.2 Å². The highest BCUT2D eigenvalue weighted by Crippen LogP contribution is 2.46. The first-order valence-electron chi connectivity index (χ1n) is 7.40. The SMILES string of the molecule is CC1C=C2CC2=CC(C)(C(=O)OCC(C)[NH+]([O-])SC(F)(F)F)C1. The molecule has 1 N–H and O–H groups in total. The Morgan fingerprint density at radius 1 is 1.57 bits per heavy atom. The predicted molar refractivity (Wildman–Crippen MR) is 81.1 cm³/mol. The van der Waals surface area contributed by atoms with Crippen LogP contribution in [0.5, 0.6) is 0 Å². The van der Waals surface area contributed by atoms with Gasteiger partial charge < -0.3 is 9.94 Å². The number of carbonyl (C=O) groups is 1. The number of allylic oxidation sites excluding steroid dienone is 3. The maximum Gasteiger partial charge on any atom is 0.496 e. The van der Waals surface area contributed by atoms with Gasteiger partial charge in [0.1, 0.15) is 12.6 Å². The summed E-state index contributed by atoms with van der Waals surface area (Å²) in [5.74, 6) is -0.270. The molecule has 0 aromatic carbocycles. The van der Waals surface area contributed by atoms with Crippen LogP contribution >= 0.6 is 11.9 Å². The summed E-state index contributed by atoms with van der Waals surface area (Å²) in [7, 11) is 0. The molecule has 0 radical (unpaired) electrons. The molecule has 0 aromatic rings. The number of nitrogens with one attached hydrogen (secondary N) is 1. The number of alkyl halides is 3. The molecule has 0 aromatic heterocycles. The fourth-order valence-corrected chi connectivity index (χ4v) is 3.27. The molecule has 1 fully saturated rings. The van der Waals surface area contributed by atoms with E-state index in [-0.39, 0.29) is 12.5 Å². The van der Waals surface area contributed by atoms with Crippen molar-refractivity contribution in [3.8, 4) is 0 Å². The molecule has 8 heteroatoms. The second-order valence-electron chi connectivity index (χ2n) is 6.50. The van der Waals surface area contributed by atoms with Gasteiger partial charge in [0.25, 0.3) is 0 Å². The molecule has 4 unspecified atom stereocenters. The first-order chi connectivity index (χ1) is 10.5. The van der Waals surface area contributed by atoms with E-state index in [0.717, 1.165) is 12.0 Å². The Bertz CT molecular complexity index is 547. The molecule has 2 rings (SSSR count). The van der Waals surface area contributed by atoms with Crippen molar-refractivity contribution < 1.29 is 27.2 Å². The molecule has 0 spiro atoms. The van der Waals surface area contributed by atoms with Crippen LogP contribution in [-0.4, -0.2) is 24.1 Å². The van der Waals surface area contributed by atoms with Crippen LogP contribution in [-0.2, 0) is 9.53 Å². The minimum absolute atomic E-state index is 0.221. The van der Waals surface area contributed by atoms with Gasteiger partial charge in [-0.2, -0.15) is 13.2 Å². The van der Waals surface area contributed by atoms with Gasteiger partial charge in [-0.25, -0.2) is 0 Å². The van der Waals surface area contributed by atoms with Crippen molar-refractivity contribution in [3.63, 3.8) is 0 Å². The number of carbonyl (C=O) groups excluding carboxylic acids is 1. The third kappa shape index (κ3) is 4.99. The third-order valence-corrected chi connectivity index (χ3v) is 4.78. The van der Waals surface area contributed by atoms with Crippen LogP contribution < -0.4 is 4.47 Å². The second-order valence-corrected chi connectivity index (χ2v) is 7.57. The van der Waals surface area contributed by atoms with Crippen LogP contribution in [0.15, 0.2) is 23.3 Å². The van der Waals surface area contributed by atoms with E-state index in [4.69, 9.17) is 4.74 Å². The number of fused-ring (bicyclic) bond motifs is 1. The molecule has 1 saturated carbocycles. The van der Waals surface area contributed by atoms with Crippen LogP contribution in [0.4, 0.5) is 13.2 Å². The third-order valence-electron chi connectivity index (χ3n) is 3.94. The van der Waals surface area contributed by atoms with E-state index >= 15 is 0 Å². The number of quaternary nitrogens is 1. The van der Waals surface area contributed by atoms with Crippen molar-refractivity contribution in [1.29, 1.82) is 0 Å². The van der Waals surface area contributed by atoms with Crippen molar-refractivity contribution in [2.75, 3.05) is 6.61 Å². The number of halogens is 3. The summed E-state index contributed by atoms with van der Waals surface area (Å²) in [5, 5.41) is 11.4. The summed E-state index contributed by atoms with van der Waals surface area (Å²) in [5.41, 5.74) is -3.04. The molecule has 23 heavy (non-hydrogen) atoms. The molecule has 4 atom stereocenters. The minimum Gasteiger partial charge on any atom is -0.621 e. The van der Waals surface area contributed by atoms with Gasteiger partial charge in [-0.1, -0.05) is 19.1 Å². The standard InChI is InChI=1S/C15H20F3NO3S/c1-9-4-11-5-12(11)7-14(3,6-9)13(20)22-8-10(2)19(21)23-15(16,17)18/h4,7,9-10,19H,5-6,8H2,1-3H3. The summed E-state index contributed by atoms with van der Waals surface area (Å²) in [6.45, 7) is 4.77. The fraction of sp³-hybridized carbons (Fsp3) is 0.667. The summed E-state index contributed by atoms with van der Waals surface area (Å²) in [4.78, 5) is 12.4. The Hall–Kier alpha value is -0.990. The second kappa shape index (κ2) is 6.49. The first kappa shape index (κ1) is 18.4. The molecule has 130 valence electrons. The molecule has 2 aliphatic rings. The highest BCUT2D eigenvalue weighted by Gasteiger charge is 2.41. The summed E-state index contributed by atoms with van der Waals surface area (Å²) in [6, 6.07) is -1.00. The van der Waals surface area contributed by atoms with Gasteiger partial charge >= 0.3 is 11.5 Å². The maximum absolute atomic E-state index is 12.4. The highest BCUT2D eigenvalue weighted by atomic mass is 32.2. The molecule has 2 aliphatic carbocycles. The zero-order valence-electron chi connectivity index (χ0n) is 13.2. The molecule has 4 nitrogen and oxygen atoms in total. The Labute approximate surface area is 137 Å². The van der Waals surface area contributed by atoms with Gasteiger partial charge in [-0.3, -0.25) is 9.26 Å². The number of rotatable bonds is 5. The van der Waals surface area contributed by atoms with Crippen molar-refractivity contribution in [3.05, 3.63) is 28.5 Å². The van der Waals surface area contributed by atoms with Crippen LogP contribution in [0.1, 0.15) is 33.6 Å². The largest absolute Gasteiger partial charge is 0.621 e. The predicted octanol–water partition coefficient (Wildman–Crippen LogP) is 2.77. The van der Waals surface area contributed by atoms with E-state index < -0.39 is 39.4 Å². The molecule has 0 bridgehead atoms. The first-order valence-corrected chi connectivity index (χ1v) is 8.21. The van der Waals surface area contributed by atoms with Gasteiger partial charge in [0, 0.05) is 0 Å². The maximum atomic E-state index is 12.4. The average Bonchev–Trinajstić information content (AvgIpc) is 3.10. The normalized spacial score (nSPS) is 29.6. The Balaban J connectivity index is 1.91. The van der Waals surface area contributed by atoms with Crippen molar-refractivity contribution >= 4 is 17.9 Å². The zero-order chi connectivity index (χ0) is 17.4. The van der Waals surface area contributed by atoms with E-state index in [9.17, 15) is 23.2 Å². The quantitative estimate of drug-likeness (QED) is 0.470. The van der Waals surface area contributed by atoms with Crippen LogP contribution in [0, 0.1) is 16.5 Å². The molecular formula is C15H20F3NO3S. The smallest absolute Gasteiger partial charge is 0.496 e. The lowest BCUT2D eigenvalue weighted by Gasteiger charge is -2.29. The monoisotopic (exact) mass is 351 g/mol. The van der Waals surface area contributed by atoms with E-state index in [1.807, 2.05) is 13.0 Å². The lowest BCUT2D eigenvalue weighted by atomic mass is 9.81. The van der Waals surface area contributed by atoms with E-state index in [0.29, 0.717) is 6.42 Å². The van der Waals surface area contributed by atoms with Gasteiger partial charge in [0.15, 0.2) is 11.9 Å². The van der Waals surface area contributed by atoms with E-state index in [1.165, 1.54) is 12.5 Å².